The maximum absolute atomic E-state index is 12.5. The molecular weight excluding hydrogens is 308 g/mol. The van der Waals surface area contributed by atoms with Gasteiger partial charge in [0.2, 0.25) is 0 Å². The van der Waals surface area contributed by atoms with Crippen LogP contribution in [-0.2, 0) is 0 Å². The summed E-state index contributed by atoms with van der Waals surface area (Å²) in [4.78, 5) is 27.0. The number of anilines is 1. The minimum Gasteiger partial charge on any atom is -0.345 e. The topological polar surface area (TPSA) is 49.4 Å². The molecule has 0 radical (unpaired) electrons. The number of amides is 2. The Hall–Kier alpha value is -2.27. The second-order valence-corrected chi connectivity index (χ2v) is 6.30. The van der Waals surface area contributed by atoms with E-state index in [0.717, 1.165) is 10.5 Å². The number of hydrogen-bond donors (Lipinski definition) is 1. The van der Waals surface area contributed by atoms with Gasteiger partial charge in [0.1, 0.15) is 0 Å². The highest BCUT2D eigenvalue weighted by atomic mass is 32.2. The molecule has 0 spiro atoms. The number of carbonyl (C=O) groups excluding carboxylic acids is 2. The lowest BCUT2D eigenvalue weighted by atomic mass is 10.1. The van der Waals surface area contributed by atoms with E-state index < -0.39 is 0 Å². The summed E-state index contributed by atoms with van der Waals surface area (Å²) in [5, 5.41) is 2.87. The second-order valence-electron chi connectivity index (χ2n) is 5.42. The first kappa shape index (κ1) is 17.1. The molecule has 0 atom stereocenters. The van der Waals surface area contributed by atoms with E-state index >= 15 is 0 Å². The quantitative estimate of drug-likeness (QED) is 0.871. The molecule has 0 aliphatic rings. The smallest absolute Gasteiger partial charge is 0.255 e. The SMILES string of the molecule is CSc1ccc(C)c(C(=O)Nc2cccc(C(=O)N(C)C)c2)c1. The largest absolute Gasteiger partial charge is 0.345 e. The number of nitrogens with zero attached hydrogens (tertiary/aromatic N) is 1. The summed E-state index contributed by atoms with van der Waals surface area (Å²) in [6.07, 6.45) is 1.97. The summed E-state index contributed by atoms with van der Waals surface area (Å²) in [6, 6.07) is 12.8. The van der Waals surface area contributed by atoms with E-state index in [1.165, 1.54) is 4.90 Å². The highest BCUT2D eigenvalue weighted by Crippen LogP contribution is 2.20. The maximum Gasteiger partial charge on any atom is 0.255 e. The fraction of sp³-hybridized carbons (Fsp3) is 0.222. The molecule has 2 amide bonds. The fourth-order valence-corrected chi connectivity index (χ4v) is 2.60. The molecule has 0 fully saturated rings. The molecule has 23 heavy (non-hydrogen) atoms. The molecular formula is C18H20N2O2S. The molecule has 5 heteroatoms. The predicted octanol–water partition coefficient (Wildman–Crippen LogP) is 3.67. The van der Waals surface area contributed by atoms with Crippen LogP contribution in [0.3, 0.4) is 0 Å². The van der Waals surface area contributed by atoms with Gasteiger partial charge in [-0.05, 0) is 49.1 Å². The van der Waals surface area contributed by atoms with Gasteiger partial charge in [-0.25, -0.2) is 0 Å². The van der Waals surface area contributed by atoms with Crippen LogP contribution in [-0.4, -0.2) is 37.1 Å². The molecule has 0 saturated carbocycles. The van der Waals surface area contributed by atoms with Gasteiger partial charge in [0.25, 0.3) is 11.8 Å². The van der Waals surface area contributed by atoms with Crippen molar-refractivity contribution in [3.05, 3.63) is 59.2 Å². The van der Waals surface area contributed by atoms with Crippen molar-refractivity contribution in [1.29, 1.82) is 0 Å². The number of carbonyl (C=O) groups is 2. The fourth-order valence-electron chi connectivity index (χ4n) is 2.16. The monoisotopic (exact) mass is 328 g/mol. The highest BCUT2D eigenvalue weighted by molar-refractivity contribution is 7.98. The van der Waals surface area contributed by atoms with Gasteiger partial charge < -0.3 is 10.2 Å². The molecule has 0 aromatic heterocycles. The summed E-state index contributed by atoms with van der Waals surface area (Å²) < 4.78 is 0. The van der Waals surface area contributed by atoms with E-state index in [2.05, 4.69) is 5.32 Å². The third kappa shape index (κ3) is 4.13. The Balaban J connectivity index is 2.24. The molecule has 120 valence electrons. The lowest BCUT2D eigenvalue weighted by molar-refractivity contribution is 0.0827. The number of aryl methyl sites for hydroxylation is 1. The number of hydrogen-bond acceptors (Lipinski definition) is 3. The molecule has 0 bridgehead atoms. The molecule has 0 aliphatic heterocycles. The molecule has 0 heterocycles. The summed E-state index contributed by atoms with van der Waals surface area (Å²) >= 11 is 1.59. The van der Waals surface area contributed by atoms with Crippen molar-refractivity contribution in [2.24, 2.45) is 0 Å². The van der Waals surface area contributed by atoms with Gasteiger partial charge in [-0.1, -0.05) is 12.1 Å². The molecule has 0 aliphatic carbocycles. The zero-order valence-corrected chi connectivity index (χ0v) is 14.5. The normalized spacial score (nSPS) is 10.3. The zero-order chi connectivity index (χ0) is 17.0. The first-order valence-electron chi connectivity index (χ1n) is 7.20. The van der Waals surface area contributed by atoms with Gasteiger partial charge >= 0.3 is 0 Å². The van der Waals surface area contributed by atoms with Crippen LogP contribution in [0.15, 0.2) is 47.4 Å². The van der Waals surface area contributed by atoms with Crippen LogP contribution < -0.4 is 5.32 Å². The van der Waals surface area contributed by atoms with Crippen molar-refractivity contribution in [3.63, 3.8) is 0 Å². The zero-order valence-electron chi connectivity index (χ0n) is 13.7. The number of thioether (sulfide) groups is 1. The van der Waals surface area contributed by atoms with Crippen molar-refractivity contribution in [3.8, 4) is 0 Å². The van der Waals surface area contributed by atoms with E-state index in [4.69, 9.17) is 0 Å². The molecule has 4 nitrogen and oxygen atoms in total. The van der Waals surface area contributed by atoms with Crippen molar-refractivity contribution >= 4 is 29.3 Å². The third-order valence-corrected chi connectivity index (χ3v) is 4.19. The van der Waals surface area contributed by atoms with E-state index in [9.17, 15) is 9.59 Å². The Bertz CT molecular complexity index is 742. The molecule has 1 N–H and O–H groups in total. The lowest BCUT2D eigenvalue weighted by Gasteiger charge is -2.12. The highest BCUT2D eigenvalue weighted by Gasteiger charge is 2.12. The Morgan fingerprint density at radius 3 is 2.48 bits per heavy atom. The first-order valence-corrected chi connectivity index (χ1v) is 8.42. The van der Waals surface area contributed by atoms with E-state index in [0.29, 0.717) is 16.8 Å². The number of benzene rings is 2. The minimum atomic E-state index is -0.173. The molecule has 2 aromatic rings. The van der Waals surface area contributed by atoms with Crippen LogP contribution in [0.5, 0.6) is 0 Å². The third-order valence-electron chi connectivity index (χ3n) is 3.46. The van der Waals surface area contributed by atoms with Crippen LogP contribution in [0.4, 0.5) is 5.69 Å². The molecule has 2 rings (SSSR count). The average Bonchev–Trinajstić information content (AvgIpc) is 2.54. The van der Waals surface area contributed by atoms with Crippen LogP contribution in [0.25, 0.3) is 0 Å². The van der Waals surface area contributed by atoms with Crippen LogP contribution in [0, 0.1) is 6.92 Å². The average molecular weight is 328 g/mol. The van der Waals surface area contributed by atoms with Crippen molar-refractivity contribution in [2.75, 3.05) is 25.7 Å². The number of nitrogens with one attached hydrogen (secondary N) is 1. The maximum atomic E-state index is 12.5. The Morgan fingerprint density at radius 2 is 1.83 bits per heavy atom. The Labute approximate surface area is 140 Å². The number of rotatable bonds is 4. The Morgan fingerprint density at radius 1 is 1.09 bits per heavy atom. The predicted molar refractivity (Wildman–Crippen MR) is 95.4 cm³/mol. The van der Waals surface area contributed by atoms with Crippen LogP contribution in [0.1, 0.15) is 26.3 Å². The lowest BCUT2D eigenvalue weighted by Crippen LogP contribution is -2.22. The van der Waals surface area contributed by atoms with Gasteiger partial charge in [0, 0.05) is 35.8 Å². The molecule has 0 unspecified atom stereocenters. The first-order chi connectivity index (χ1) is 10.9. The van der Waals surface area contributed by atoms with E-state index in [1.54, 1.807) is 50.1 Å². The van der Waals surface area contributed by atoms with Gasteiger partial charge in [0.05, 0.1) is 0 Å². The van der Waals surface area contributed by atoms with E-state index in [1.807, 2.05) is 31.4 Å². The van der Waals surface area contributed by atoms with Crippen molar-refractivity contribution in [2.45, 2.75) is 11.8 Å². The van der Waals surface area contributed by atoms with Gasteiger partial charge in [-0.3, -0.25) is 9.59 Å². The second kappa shape index (κ2) is 7.33. The summed E-state index contributed by atoms with van der Waals surface area (Å²) in [5.41, 5.74) is 2.71. The van der Waals surface area contributed by atoms with Crippen molar-refractivity contribution < 1.29 is 9.59 Å². The summed E-state index contributed by atoms with van der Waals surface area (Å²) in [5.74, 6) is -0.269. The van der Waals surface area contributed by atoms with Gasteiger partial charge in [-0.2, -0.15) is 0 Å². The van der Waals surface area contributed by atoms with E-state index in [-0.39, 0.29) is 11.8 Å². The minimum absolute atomic E-state index is 0.0957. The molecule has 0 saturated heterocycles. The summed E-state index contributed by atoms with van der Waals surface area (Å²) in [7, 11) is 3.40. The van der Waals surface area contributed by atoms with Crippen molar-refractivity contribution in [1.82, 2.24) is 4.90 Å². The van der Waals surface area contributed by atoms with Gasteiger partial charge in [-0.15, -0.1) is 11.8 Å². The standard InChI is InChI=1S/C18H20N2O2S/c1-12-8-9-15(23-4)11-16(12)17(21)19-14-7-5-6-13(10-14)18(22)20(2)3/h5-11H,1-4H3,(H,19,21). The van der Waals surface area contributed by atoms with Crippen LogP contribution in [0.2, 0.25) is 0 Å². The van der Waals surface area contributed by atoms with Crippen LogP contribution >= 0.6 is 11.8 Å². The summed E-state index contributed by atoms with van der Waals surface area (Å²) in [6.45, 7) is 1.91. The Kier molecular flexibility index (Phi) is 5.45. The molecule has 2 aromatic carbocycles. The van der Waals surface area contributed by atoms with Gasteiger partial charge in [0.15, 0.2) is 0 Å².